The Hall–Kier alpha value is -4.00. The molecule has 5 nitrogen and oxygen atoms in total. The van der Waals surface area contributed by atoms with Crippen molar-refractivity contribution in [2.45, 2.75) is 6.92 Å². The number of benzene rings is 3. The van der Waals surface area contributed by atoms with Gasteiger partial charge in [-0.05, 0) is 73.2 Å². The third kappa shape index (κ3) is 4.30. The highest BCUT2D eigenvalue weighted by atomic mass is 35.5. The molecule has 172 valence electrons. The molecule has 0 atom stereocenters. The zero-order valence-corrected chi connectivity index (χ0v) is 20.3. The van der Waals surface area contributed by atoms with Crippen LogP contribution in [0.1, 0.15) is 11.3 Å². The van der Waals surface area contributed by atoms with E-state index in [1.54, 1.807) is 30.3 Å². The van der Waals surface area contributed by atoms with Crippen molar-refractivity contribution in [3.63, 3.8) is 0 Å². The number of rotatable bonds is 4. The maximum atomic E-state index is 13.5. The number of anilines is 1. The van der Waals surface area contributed by atoms with Crippen molar-refractivity contribution in [2.24, 2.45) is 0 Å². The van der Waals surface area contributed by atoms with Crippen LogP contribution in [0.25, 0.3) is 23.0 Å². The summed E-state index contributed by atoms with van der Waals surface area (Å²) in [6.07, 6.45) is 1.64. The molecule has 0 spiro atoms. The average Bonchev–Trinajstić information content (AvgIpc) is 3.19. The number of carbonyl (C=O) groups excluding carboxylic acids is 2. The van der Waals surface area contributed by atoms with Gasteiger partial charge in [-0.25, -0.2) is 0 Å². The van der Waals surface area contributed by atoms with Crippen LogP contribution in [0.3, 0.4) is 0 Å². The number of aryl methyl sites for hydroxylation is 1. The Morgan fingerprint density at radius 1 is 0.857 bits per heavy atom. The molecule has 3 aromatic carbocycles. The molecule has 1 fully saturated rings. The van der Waals surface area contributed by atoms with E-state index in [0.29, 0.717) is 10.7 Å². The zero-order valence-electron chi connectivity index (χ0n) is 18.7. The molecule has 0 unspecified atom stereocenters. The summed E-state index contributed by atoms with van der Waals surface area (Å²) < 4.78 is 2.12. The molecular formula is C28H20ClN3O2S. The second kappa shape index (κ2) is 9.33. The van der Waals surface area contributed by atoms with Crippen molar-refractivity contribution >= 4 is 52.5 Å². The van der Waals surface area contributed by atoms with Gasteiger partial charge in [0.1, 0.15) is 5.57 Å². The van der Waals surface area contributed by atoms with Crippen molar-refractivity contribution in [1.82, 2.24) is 9.88 Å². The molecule has 1 saturated heterocycles. The number of nitrogens with one attached hydrogen (secondary N) is 1. The summed E-state index contributed by atoms with van der Waals surface area (Å²) in [5, 5.41) is 3.21. The van der Waals surface area contributed by atoms with Gasteiger partial charge in [-0.15, -0.1) is 0 Å². The van der Waals surface area contributed by atoms with Gasteiger partial charge < -0.3 is 4.57 Å². The van der Waals surface area contributed by atoms with Crippen LogP contribution in [0.2, 0.25) is 5.02 Å². The Kier molecular flexibility index (Phi) is 6.07. The van der Waals surface area contributed by atoms with E-state index in [4.69, 9.17) is 23.8 Å². The summed E-state index contributed by atoms with van der Waals surface area (Å²) in [6, 6.07) is 28.5. The van der Waals surface area contributed by atoms with Crippen LogP contribution in [-0.4, -0.2) is 21.5 Å². The smallest absolute Gasteiger partial charge is 0.270 e. The molecule has 0 radical (unpaired) electrons. The van der Waals surface area contributed by atoms with E-state index in [0.717, 1.165) is 28.2 Å². The zero-order chi connectivity index (χ0) is 24.5. The van der Waals surface area contributed by atoms with Crippen LogP contribution in [0.5, 0.6) is 0 Å². The number of hydrogen-bond acceptors (Lipinski definition) is 3. The van der Waals surface area contributed by atoms with Crippen LogP contribution >= 0.6 is 23.8 Å². The fourth-order valence-corrected chi connectivity index (χ4v) is 4.62. The fourth-order valence-electron chi connectivity index (χ4n) is 4.21. The van der Waals surface area contributed by atoms with E-state index >= 15 is 0 Å². The van der Waals surface area contributed by atoms with Gasteiger partial charge >= 0.3 is 0 Å². The molecule has 4 aromatic rings. The minimum atomic E-state index is -0.533. The molecule has 1 aliphatic rings. The van der Waals surface area contributed by atoms with E-state index in [-0.39, 0.29) is 10.7 Å². The Labute approximate surface area is 213 Å². The molecular weight excluding hydrogens is 478 g/mol. The molecule has 5 rings (SSSR count). The molecule has 1 N–H and O–H groups in total. The lowest BCUT2D eigenvalue weighted by Crippen LogP contribution is -2.54. The maximum Gasteiger partial charge on any atom is 0.270 e. The predicted octanol–water partition coefficient (Wildman–Crippen LogP) is 5.94. The number of halogens is 1. The van der Waals surface area contributed by atoms with Gasteiger partial charge in [-0.3, -0.25) is 19.8 Å². The first-order valence-electron chi connectivity index (χ1n) is 10.9. The Bertz CT molecular complexity index is 1480. The van der Waals surface area contributed by atoms with E-state index in [9.17, 15) is 9.59 Å². The first-order valence-corrected chi connectivity index (χ1v) is 11.7. The van der Waals surface area contributed by atoms with Gasteiger partial charge in [-0.1, -0.05) is 60.1 Å². The summed E-state index contributed by atoms with van der Waals surface area (Å²) >= 11 is 11.3. The molecule has 7 heteroatoms. The van der Waals surface area contributed by atoms with Gasteiger partial charge in [0.25, 0.3) is 11.8 Å². The topological polar surface area (TPSA) is 54.3 Å². The summed E-state index contributed by atoms with van der Waals surface area (Å²) in [7, 11) is 0. The van der Waals surface area contributed by atoms with Gasteiger partial charge in [0.05, 0.1) is 11.4 Å². The molecule has 35 heavy (non-hydrogen) atoms. The highest BCUT2D eigenvalue weighted by molar-refractivity contribution is 7.80. The summed E-state index contributed by atoms with van der Waals surface area (Å²) in [5.74, 6) is -1.03. The molecule has 1 aliphatic heterocycles. The highest BCUT2D eigenvalue weighted by Gasteiger charge is 2.35. The normalized spacial score (nSPS) is 15.0. The predicted molar refractivity (Wildman–Crippen MR) is 144 cm³/mol. The van der Waals surface area contributed by atoms with Crippen LogP contribution in [0, 0.1) is 6.92 Å². The second-order valence-corrected chi connectivity index (χ2v) is 8.88. The number of para-hydroxylation sites is 1. The molecule has 2 heterocycles. The van der Waals surface area contributed by atoms with E-state index in [1.807, 2.05) is 73.7 Å². The fraction of sp³-hybridized carbons (Fsp3) is 0.0357. The molecule has 2 amide bonds. The van der Waals surface area contributed by atoms with Gasteiger partial charge in [0.15, 0.2) is 5.11 Å². The van der Waals surface area contributed by atoms with Crippen LogP contribution < -0.4 is 10.2 Å². The molecule has 1 aromatic heterocycles. The summed E-state index contributed by atoms with van der Waals surface area (Å²) in [4.78, 5) is 27.7. The lowest BCUT2D eigenvalue weighted by molar-refractivity contribution is -0.122. The van der Waals surface area contributed by atoms with Crippen LogP contribution in [-0.2, 0) is 9.59 Å². The van der Waals surface area contributed by atoms with E-state index < -0.39 is 11.8 Å². The second-order valence-electron chi connectivity index (χ2n) is 8.06. The standard InChI is InChI=1S/C28H20ClN3O2S/c1-18-16-20(25(19-8-4-2-5-9-19)31(18)22-10-6-3-7-11-22)17-24-26(33)30-28(35)32(27(24)34)23-14-12-21(29)13-15-23/h2-17H,1H3,(H,30,33,35)/b24-17+. The average molecular weight is 498 g/mol. The number of amides is 2. The lowest BCUT2D eigenvalue weighted by atomic mass is 10.0. The Balaban J connectivity index is 1.67. The van der Waals surface area contributed by atoms with Gasteiger partial charge in [0, 0.05) is 22.0 Å². The number of hydrogen-bond donors (Lipinski definition) is 1. The van der Waals surface area contributed by atoms with Crippen molar-refractivity contribution in [3.05, 3.63) is 113 Å². The first kappa shape index (κ1) is 22.8. The number of carbonyl (C=O) groups is 2. The van der Waals surface area contributed by atoms with Crippen LogP contribution in [0.4, 0.5) is 5.69 Å². The third-order valence-corrected chi connectivity index (χ3v) is 6.30. The Morgan fingerprint density at radius 3 is 2.14 bits per heavy atom. The van der Waals surface area contributed by atoms with E-state index in [2.05, 4.69) is 9.88 Å². The Morgan fingerprint density at radius 2 is 1.49 bits per heavy atom. The van der Waals surface area contributed by atoms with E-state index in [1.165, 1.54) is 4.90 Å². The monoisotopic (exact) mass is 497 g/mol. The minimum Gasteiger partial charge on any atom is -0.313 e. The molecule has 0 bridgehead atoms. The first-order chi connectivity index (χ1) is 16.9. The number of thiocarbonyl (C=S) groups is 1. The minimum absolute atomic E-state index is 0.00376. The third-order valence-electron chi connectivity index (χ3n) is 5.76. The van der Waals surface area contributed by atoms with Crippen LogP contribution in [0.15, 0.2) is 96.6 Å². The largest absolute Gasteiger partial charge is 0.313 e. The van der Waals surface area contributed by atoms with Gasteiger partial charge in [-0.2, -0.15) is 0 Å². The number of aromatic nitrogens is 1. The lowest BCUT2D eigenvalue weighted by Gasteiger charge is -2.29. The van der Waals surface area contributed by atoms with Gasteiger partial charge in [0.2, 0.25) is 0 Å². The number of nitrogens with zero attached hydrogens (tertiary/aromatic N) is 2. The summed E-state index contributed by atoms with van der Waals surface area (Å²) in [6.45, 7) is 2.00. The molecule has 0 saturated carbocycles. The van der Waals surface area contributed by atoms with Crippen molar-refractivity contribution in [1.29, 1.82) is 0 Å². The molecule has 0 aliphatic carbocycles. The maximum absolute atomic E-state index is 13.5. The van der Waals surface area contributed by atoms with Crippen molar-refractivity contribution in [2.75, 3.05) is 4.90 Å². The SMILES string of the molecule is Cc1cc(/C=C2\C(=O)NC(=S)N(c3ccc(Cl)cc3)C2=O)c(-c2ccccc2)n1-c1ccccc1. The summed E-state index contributed by atoms with van der Waals surface area (Å²) in [5.41, 5.74) is 5.07. The van der Waals surface area contributed by atoms with Crippen molar-refractivity contribution < 1.29 is 9.59 Å². The van der Waals surface area contributed by atoms with Crippen molar-refractivity contribution in [3.8, 4) is 16.9 Å². The highest BCUT2D eigenvalue weighted by Crippen LogP contribution is 2.33. The quantitative estimate of drug-likeness (QED) is 0.216.